The van der Waals surface area contributed by atoms with E-state index in [1.54, 1.807) is 13.3 Å². The van der Waals surface area contributed by atoms with Gasteiger partial charge in [0.15, 0.2) is 11.5 Å². The second-order valence-electron chi connectivity index (χ2n) is 5.95. The number of H-pyrrole nitrogens is 1. The third-order valence-corrected chi connectivity index (χ3v) is 4.37. The molecule has 0 spiro atoms. The Bertz CT molecular complexity index is 614. The quantitative estimate of drug-likeness (QED) is 0.937. The molecule has 2 atom stereocenters. The van der Waals surface area contributed by atoms with Gasteiger partial charge in [-0.2, -0.15) is 5.10 Å². The van der Waals surface area contributed by atoms with Gasteiger partial charge in [0, 0.05) is 6.04 Å². The van der Waals surface area contributed by atoms with Crippen molar-refractivity contribution in [1.82, 2.24) is 15.1 Å². The van der Waals surface area contributed by atoms with Crippen LogP contribution in [0.5, 0.6) is 11.5 Å². The molecule has 0 saturated heterocycles. The molecule has 0 aliphatic heterocycles. The van der Waals surface area contributed by atoms with Crippen LogP contribution < -0.4 is 9.47 Å². The number of nitrogens with zero attached hydrogens (tertiary/aromatic N) is 2. The Balaban J connectivity index is 0.00000176. The molecule has 0 amide bonds. The van der Waals surface area contributed by atoms with Crippen molar-refractivity contribution in [3.05, 3.63) is 18.3 Å². The summed E-state index contributed by atoms with van der Waals surface area (Å²) in [4.78, 5) is 2.30. The van der Waals surface area contributed by atoms with E-state index in [0.717, 1.165) is 35.2 Å². The monoisotopic (exact) mass is 325 g/mol. The molecule has 1 fully saturated rings. The highest BCUT2D eigenvalue weighted by molar-refractivity contribution is 5.87. The van der Waals surface area contributed by atoms with Gasteiger partial charge < -0.3 is 14.4 Å². The van der Waals surface area contributed by atoms with Crippen molar-refractivity contribution < 1.29 is 9.47 Å². The van der Waals surface area contributed by atoms with Gasteiger partial charge in [-0.1, -0.05) is 0 Å². The highest BCUT2D eigenvalue weighted by atomic mass is 35.5. The zero-order chi connectivity index (χ0) is 14.8. The van der Waals surface area contributed by atoms with Crippen LogP contribution in [0.4, 0.5) is 0 Å². The first-order valence-electron chi connectivity index (χ1n) is 7.52. The highest BCUT2D eigenvalue weighted by Gasteiger charge is 2.25. The molecule has 1 N–H and O–H groups in total. The molecule has 0 bridgehead atoms. The molecule has 5 nitrogen and oxygen atoms in total. The van der Waals surface area contributed by atoms with E-state index in [-0.39, 0.29) is 18.5 Å². The van der Waals surface area contributed by atoms with Gasteiger partial charge in [-0.25, -0.2) is 0 Å². The van der Waals surface area contributed by atoms with E-state index in [2.05, 4.69) is 29.2 Å². The van der Waals surface area contributed by atoms with Crippen LogP contribution in [0.25, 0.3) is 10.9 Å². The average molecular weight is 326 g/mol. The third kappa shape index (κ3) is 3.31. The fraction of sp³-hybridized carbons (Fsp3) is 0.562. The van der Waals surface area contributed by atoms with Gasteiger partial charge in [-0.15, -0.1) is 12.4 Å². The summed E-state index contributed by atoms with van der Waals surface area (Å²) in [6.07, 6.45) is 6.68. The number of halogens is 1. The fourth-order valence-corrected chi connectivity index (χ4v) is 3.15. The summed E-state index contributed by atoms with van der Waals surface area (Å²) in [5, 5.41) is 7.99. The minimum atomic E-state index is 0. The number of nitrogens with one attached hydrogen (secondary N) is 1. The molecule has 1 saturated carbocycles. The number of aromatic nitrogens is 2. The summed E-state index contributed by atoms with van der Waals surface area (Å²) < 4.78 is 11.8. The number of hydrogen-bond donors (Lipinski definition) is 1. The number of fused-ring (bicyclic) bond motifs is 1. The summed E-state index contributed by atoms with van der Waals surface area (Å²) in [5.74, 6) is 1.59. The molecule has 6 heteroatoms. The Morgan fingerprint density at radius 3 is 2.82 bits per heavy atom. The minimum Gasteiger partial charge on any atom is -0.492 e. The van der Waals surface area contributed by atoms with E-state index >= 15 is 0 Å². The molecule has 1 aliphatic rings. The van der Waals surface area contributed by atoms with E-state index in [1.165, 1.54) is 12.8 Å². The third-order valence-electron chi connectivity index (χ3n) is 4.37. The van der Waals surface area contributed by atoms with E-state index in [4.69, 9.17) is 9.47 Å². The number of ether oxygens (including phenoxy) is 2. The lowest BCUT2D eigenvalue weighted by molar-refractivity contribution is 0.0979. The van der Waals surface area contributed by atoms with Gasteiger partial charge >= 0.3 is 0 Å². The normalized spacial score (nSPS) is 21.6. The van der Waals surface area contributed by atoms with Crippen LogP contribution in [-0.2, 0) is 0 Å². The lowest BCUT2D eigenvalue weighted by Gasteiger charge is -2.33. The largest absolute Gasteiger partial charge is 0.492 e. The Kier molecular flexibility index (Phi) is 5.53. The summed E-state index contributed by atoms with van der Waals surface area (Å²) in [7, 11) is 5.97. The van der Waals surface area contributed by atoms with Crippen LogP contribution in [0.3, 0.4) is 0 Å². The molecular formula is C16H24ClN3O2. The van der Waals surface area contributed by atoms with Crippen molar-refractivity contribution in [1.29, 1.82) is 0 Å². The molecule has 0 unspecified atom stereocenters. The molecule has 22 heavy (non-hydrogen) atoms. The average Bonchev–Trinajstić information content (AvgIpc) is 2.96. The van der Waals surface area contributed by atoms with Crippen molar-refractivity contribution in [2.75, 3.05) is 21.2 Å². The summed E-state index contributed by atoms with van der Waals surface area (Å²) in [6.45, 7) is 0. The number of benzene rings is 1. The van der Waals surface area contributed by atoms with Gasteiger partial charge in [0.1, 0.15) is 6.10 Å². The summed E-state index contributed by atoms with van der Waals surface area (Å²) >= 11 is 0. The molecular weight excluding hydrogens is 302 g/mol. The highest BCUT2D eigenvalue weighted by Crippen LogP contribution is 2.36. The molecule has 3 rings (SSSR count). The van der Waals surface area contributed by atoms with Crippen molar-refractivity contribution in [3.63, 3.8) is 0 Å². The predicted molar refractivity (Wildman–Crippen MR) is 90.3 cm³/mol. The summed E-state index contributed by atoms with van der Waals surface area (Å²) in [5.41, 5.74) is 0.967. The zero-order valence-electron chi connectivity index (χ0n) is 13.3. The molecule has 0 radical (unpaired) electrons. The molecule has 1 aromatic heterocycles. The van der Waals surface area contributed by atoms with Crippen molar-refractivity contribution in [2.45, 2.75) is 37.8 Å². The van der Waals surface area contributed by atoms with Crippen LogP contribution in [-0.4, -0.2) is 48.4 Å². The molecule has 122 valence electrons. The molecule has 1 heterocycles. The van der Waals surface area contributed by atoms with Crippen molar-refractivity contribution in [2.24, 2.45) is 0 Å². The Morgan fingerprint density at radius 1 is 1.27 bits per heavy atom. The van der Waals surface area contributed by atoms with Crippen molar-refractivity contribution >= 4 is 23.3 Å². The van der Waals surface area contributed by atoms with Gasteiger partial charge in [0.25, 0.3) is 0 Å². The Morgan fingerprint density at radius 2 is 2.09 bits per heavy atom. The Labute approximate surface area is 137 Å². The summed E-state index contributed by atoms with van der Waals surface area (Å²) in [6, 6.07) is 4.57. The number of rotatable bonds is 4. The first kappa shape index (κ1) is 16.9. The maximum absolute atomic E-state index is 6.24. The van der Waals surface area contributed by atoms with Gasteiger partial charge in [-0.3, -0.25) is 5.10 Å². The van der Waals surface area contributed by atoms with Crippen LogP contribution in [0, 0.1) is 0 Å². The van der Waals surface area contributed by atoms with Gasteiger partial charge in [0.2, 0.25) is 0 Å². The van der Waals surface area contributed by atoms with E-state index < -0.39 is 0 Å². The van der Waals surface area contributed by atoms with E-state index in [9.17, 15) is 0 Å². The lowest BCUT2D eigenvalue weighted by Crippen LogP contribution is -2.37. The maximum Gasteiger partial charge on any atom is 0.171 e. The molecule has 1 aliphatic carbocycles. The van der Waals surface area contributed by atoms with Crippen LogP contribution in [0.2, 0.25) is 0 Å². The topological polar surface area (TPSA) is 50.4 Å². The first-order valence-corrected chi connectivity index (χ1v) is 7.52. The molecule has 2 aromatic rings. The number of methoxy groups -OCH3 is 1. The van der Waals surface area contributed by atoms with Crippen molar-refractivity contribution in [3.8, 4) is 11.5 Å². The second-order valence-corrected chi connectivity index (χ2v) is 5.95. The lowest BCUT2D eigenvalue weighted by atomic mass is 9.92. The van der Waals surface area contributed by atoms with Crippen LogP contribution >= 0.6 is 12.4 Å². The Hall–Kier alpha value is -1.46. The smallest absolute Gasteiger partial charge is 0.171 e. The fourth-order valence-electron chi connectivity index (χ4n) is 3.15. The predicted octanol–water partition coefficient (Wildman–Crippen LogP) is 3.24. The molecule has 1 aromatic carbocycles. The standard InChI is InChI=1S/C16H23N3O2.ClH/c1-19(2)11-5-4-6-12(9-11)21-15-8-7-14-13(10-17-18-14)16(15)20-3;/h7-8,10-12H,4-6,9H2,1-3H3,(H,17,18);1H/t11-,12+;/m0./s1. The van der Waals surface area contributed by atoms with Gasteiger partial charge in [0.05, 0.1) is 24.2 Å². The first-order chi connectivity index (χ1) is 10.2. The van der Waals surface area contributed by atoms with E-state index in [0.29, 0.717) is 6.04 Å². The zero-order valence-corrected chi connectivity index (χ0v) is 14.2. The minimum absolute atomic E-state index is 0. The number of aromatic amines is 1. The van der Waals surface area contributed by atoms with Crippen LogP contribution in [0.1, 0.15) is 25.7 Å². The number of hydrogen-bond acceptors (Lipinski definition) is 4. The maximum atomic E-state index is 6.24. The SMILES string of the molecule is COc1c(O[C@@H]2CCC[C@H](N(C)C)C2)ccc2[nH]ncc12.Cl. The van der Waals surface area contributed by atoms with Gasteiger partial charge in [-0.05, 0) is 51.9 Å². The second kappa shape index (κ2) is 7.20. The van der Waals surface area contributed by atoms with E-state index in [1.807, 2.05) is 12.1 Å². The van der Waals surface area contributed by atoms with Crippen LogP contribution in [0.15, 0.2) is 18.3 Å².